The number of phenolic OH excluding ortho intramolecular Hbond substituents is 1. The smallest absolute Gasteiger partial charge is 0.115 e. The molecule has 0 heterocycles. The summed E-state index contributed by atoms with van der Waals surface area (Å²) in [6.45, 7) is 18.3. The van der Waals surface area contributed by atoms with Gasteiger partial charge in [0.1, 0.15) is 5.75 Å². The van der Waals surface area contributed by atoms with Crippen molar-refractivity contribution in [3.63, 3.8) is 0 Å². The highest BCUT2D eigenvalue weighted by molar-refractivity contribution is 5.38. The van der Waals surface area contributed by atoms with Crippen LogP contribution in [0.3, 0.4) is 0 Å². The van der Waals surface area contributed by atoms with E-state index in [1.807, 2.05) is 6.07 Å². The van der Waals surface area contributed by atoms with Crippen molar-refractivity contribution in [2.24, 2.45) is 0 Å². The van der Waals surface area contributed by atoms with E-state index in [0.717, 1.165) is 0 Å². The molecule has 0 bridgehead atoms. The van der Waals surface area contributed by atoms with Crippen molar-refractivity contribution in [2.75, 3.05) is 0 Å². The summed E-state index contributed by atoms with van der Waals surface area (Å²) in [5.74, 6) is 0.918. The van der Waals surface area contributed by atoms with E-state index in [1.165, 1.54) is 16.7 Å². The zero-order valence-electron chi connectivity index (χ0n) is 16.6. The molecular formula is C23H34O. The predicted octanol–water partition coefficient (Wildman–Crippen LogP) is 6.80. The van der Waals surface area contributed by atoms with Crippen molar-refractivity contribution in [3.05, 3.63) is 65.2 Å². The SMILES string of the molecule is CC(C)c1cc(C(C)(C)C)cc(C(C)(C)C)c1.Oc1ccccc1. The van der Waals surface area contributed by atoms with Gasteiger partial charge in [0.05, 0.1) is 0 Å². The summed E-state index contributed by atoms with van der Waals surface area (Å²) in [6.07, 6.45) is 0. The molecule has 0 radical (unpaired) electrons. The van der Waals surface area contributed by atoms with Crippen LogP contribution in [-0.2, 0) is 10.8 Å². The highest BCUT2D eigenvalue weighted by Gasteiger charge is 2.20. The van der Waals surface area contributed by atoms with Crippen LogP contribution in [-0.4, -0.2) is 5.11 Å². The first-order valence-electron chi connectivity index (χ1n) is 8.81. The van der Waals surface area contributed by atoms with E-state index in [0.29, 0.717) is 11.7 Å². The molecule has 0 unspecified atom stereocenters. The van der Waals surface area contributed by atoms with Crippen molar-refractivity contribution in [1.29, 1.82) is 0 Å². The topological polar surface area (TPSA) is 20.2 Å². The summed E-state index contributed by atoms with van der Waals surface area (Å²) in [7, 11) is 0. The highest BCUT2D eigenvalue weighted by Crippen LogP contribution is 2.32. The second kappa shape index (κ2) is 7.88. The Kier molecular flexibility index (Phi) is 6.66. The molecule has 2 aromatic rings. The van der Waals surface area contributed by atoms with E-state index in [-0.39, 0.29) is 10.8 Å². The standard InChI is InChI=1S/C17H28.C6H6O/c1-12(2)13-9-14(16(3,4)5)11-15(10-13)17(6,7)8;7-6-4-2-1-3-5-6/h9-12H,1-8H3;1-5,7H. The van der Waals surface area contributed by atoms with Gasteiger partial charge in [-0.2, -0.15) is 0 Å². The molecule has 2 aromatic carbocycles. The number of hydrogen-bond acceptors (Lipinski definition) is 1. The first-order chi connectivity index (χ1) is 10.9. The van der Waals surface area contributed by atoms with Crippen LogP contribution in [0.15, 0.2) is 48.5 Å². The molecule has 0 saturated heterocycles. The van der Waals surface area contributed by atoms with Crippen LogP contribution in [0.5, 0.6) is 5.75 Å². The molecule has 1 nitrogen and oxygen atoms in total. The van der Waals surface area contributed by atoms with E-state index >= 15 is 0 Å². The fourth-order valence-electron chi connectivity index (χ4n) is 2.28. The summed E-state index contributed by atoms with van der Waals surface area (Å²) in [5, 5.41) is 8.63. The summed E-state index contributed by atoms with van der Waals surface area (Å²) in [6, 6.07) is 15.8. The molecule has 1 N–H and O–H groups in total. The van der Waals surface area contributed by atoms with Crippen molar-refractivity contribution < 1.29 is 5.11 Å². The van der Waals surface area contributed by atoms with Gasteiger partial charge in [-0.3, -0.25) is 0 Å². The van der Waals surface area contributed by atoms with Gasteiger partial charge in [-0.25, -0.2) is 0 Å². The Bertz CT molecular complexity index is 593. The van der Waals surface area contributed by atoms with Gasteiger partial charge in [-0.1, -0.05) is 91.8 Å². The first-order valence-corrected chi connectivity index (χ1v) is 8.81. The fraction of sp³-hybridized carbons (Fsp3) is 0.478. The average Bonchev–Trinajstić information content (AvgIpc) is 2.46. The molecule has 0 aliphatic heterocycles. The second-order valence-corrected chi connectivity index (χ2v) is 8.83. The molecule has 0 aliphatic carbocycles. The first kappa shape index (κ1) is 20.3. The van der Waals surface area contributed by atoms with Crippen molar-refractivity contribution in [2.45, 2.75) is 72.1 Å². The van der Waals surface area contributed by atoms with Crippen LogP contribution < -0.4 is 0 Å². The summed E-state index contributed by atoms with van der Waals surface area (Å²) in [4.78, 5) is 0. The second-order valence-electron chi connectivity index (χ2n) is 8.83. The van der Waals surface area contributed by atoms with E-state index < -0.39 is 0 Å². The average molecular weight is 327 g/mol. The van der Waals surface area contributed by atoms with Gasteiger partial charge in [0.25, 0.3) is 0 Å². The third-order valence-electron chi connectivity index (χ3n) is 4.11. The molecule has 2 rings (SSSR count). The van der Waals surface area contributed by atoms with Gasteiger partial charge in [-0.05, 0) is 45.6 Å². The summed E-state index contributed by atoms with van der Waals surface area (Å²) in [5.41, 5.74) is 4.82. The minimum atomic E-state index is 0.227. The van der Waals surface area contributed by atoms with Crippen LogP contribution >= 0.6 is 0 Å². The van der Waals surface area contributed by atoms with Crippen LogP contribution in [0.4, 0.5) is 0 Å². The third-order valence-corrected chi connectivity index (χ3v) is 4.11. The molecule has 132 valence electrons. The number of para-hydroxylation sites is 1. The third kappa shape index (κ3) is 6.39. The lowest BCUT2D eigenvalue weighted by Crippen LogP contribution is -2.17. The maximum absolute atomic E-state index is 8.63. The molecule has 24 heavy (non-hydrogen) atoms. The number of rotatable bonds is 1. The Morgan fingerprint density at radius 3 is 1.38 bits per heavy atom. The number of phenols is 1. The lowest BCUT2D eigenvalue weighted by atomic mass is 9.78. The van der Waals surface area contributed by atoms with Crippen molar-refractivity contribution >= 4 is 0 Å². The van der Waals surface area contributed by atoms with E-state index in [2.05, 4.69) is 73.6 Å². The Morgan fingerprint density at radius 1 is 0.708 bits per heavy atom. The predicted molar refractivity (Wildman–Crippen MR) is 106 cm³/mol. The van der Waals surface area contributed by atoms with Crippen molar-refractivity contribution in [1.82, 2.24) is 0 Å². The number of aromatic hydroxyl groups is 1. The van der Waals surface area contributed by atoms with Gasteiger partial charge < -0.3 is 5.11 Å². The minimum Gasteiger partial charge on any atom is -0.508 e. The monoisotopic (exact) mass is 326 g/mol. The maximum atomic E-state index is 8.63. The van der Waals surface area contributed by atoms with Crippen LogP contribution in [0.2, 0.25) is 0 Å². The van der Waals surface area contributed by atoms with Gasteiger partial charge >= 0.3 is 0 Å². The largest absolute Gasteiger partial charge is 0.508 e. The zero-order valence-corrected chi connectivity index (χ0v) is 16.6. The van der Waals surface area contributed by atoms with E-state index in [4.69, 9.17) is 5.11 Å². The zero-order chi connectivity index (χ0) is 18.5. The number of hydrogen-bond donors (Lipinski definition) is 1. The minimum absolute atomic E-state index is 0.227. The van der Waals surface area contributed by atoms with Crippen LogP contribution in [0.1, 0.15) is 78.0 Å². The summed E-state index contributed by atoms with van der Waals surface area (Å²) < 4.78 is 0. The van der Waals surface area contributed by atoms with E-state index in [1.54, 1.807) is 24.3 Å². The van der Waals surface area contributed by atoms with Crippen LogP contribution in [0, 0.1) is 0 Å². The molecule has 0 aromatic heterocycles. The Hall–Kier alpha value is -1.76. The fourth-order valence-corrected chi connectivity index (χ4v) is 2.28. The quantitative estimate of drug-likeness (QED) is 0.611. The van der Waals surface area contributed by atoms with Crippen LogP contribution in [0.25, 0.3) is 0 Å². The number of benzene rings is 2. The van der Waals surface area contributed by atoms with Crippen molar-refractivity contribution in [3.8, 4) is 5.75 Å². The normalized spacial score (nSPS) is 11.9. The molecule has 0 fully saturated rings. The van der Waals surface area contributed by atoms with Gasteiger partial charge in [-0.15, -0.1) is 0 Å². The molecule has 0 saturated carbocycles. The molecular weight excluding hydrogens is 292 g/mol. The lowest BCUT2D eigenvalue weighted by molar-refractivity contribution is 0.475. The molecule has 0 amide bonds. The Morgan fingerprint density at radius 2 is 1.12 bits per heavy atom. The highest BCUT2D eigenvalue weighted by atomic mass is 16.3. The molecule has 0 atom stereocenters. The van der Waals surface area contributed by atoms with E-state index in [9.17, 15) is 0 Å². The lowest BCUT2D eigenvalue weighted by Gasteiger charge is -2.27. The van der Waals surface area contributed by atoms with Gasteiger partial charge in [0.2, 0.25) is 0 Å². The maximum Gasteiger partial charge on any atom is 0.115 e. The molecule has 0 spiro atoms. The van der Waals surface area contributed by atoms with Gasteiger partial charge in [0.15, 0.2) is 0 Å². The Balaban J connectivity index is 0.000000341. The Labute approximate surface area is 148 Å². The van der Waals surface area contributed by atoms with Gasteiger partial charge in [0, 0.05) is 0 Å². The summed E-state index contributed by atoms with van der Waals surface area (Å²) >= 11 is 0. The molecule has 0 aliphatic rings. The molecule has 1 heteroatoms.